The van der Waals surface area contributed by atoms with Crippen molar-refractivity contribution >= 4 is 5.91 Å². The Balaban J connectivity index is 1.71. The normalized spacial score (nSPS) is 16.3. The topological polar surface area (TPSA) is 49.0 Å². The van der Waals surface area contributed by atoms with E-state index >= 15 is 0 Å². The van der Waals surface area contributed by atoms with Gasteiger partial charge in [0.05, 0.1) is 6.20 Å². The van der Waals surface area contributed by atoms with Crippen LogP contribution in [0.5, 0.6) is 0 Å². The molecule has 2 rings (SSSR count). The third-order valence-corrected chi connectivity index (χ3v) is 3.64. The number of H-pyrrole nitrogens is 1. The summed E-state index contributed by atoms with van der Waals surface area (Å²) in [6.45, 7) is 0.653. The second-order valence-electron chi connectivity index (χ2n) is 5.05. The summed E-state index contributed by atoms with van der Waals surface area (Å²) < 4.78 is 0. The molecule has 0 saturated heterocycles. The Labute approximate surface area is 102 Å². The van der Waals surface area contributed by atoms with Crippen LogP contribution in [0.25, 0.3) is 0 Å². The van der Waals surface area contributed by atoms with Crippen molar-refractivity contribution in [1.82, 2.24) is 15.1 Å². The highest BCUT2D eigenvalue weighted by Gasteiger charge is 2.17. The molecule has 17 heavy (non-hydrogen) atoms. The lowest BCUT2D eigenvalue weighted by Gasteiger charge is -2.17. The van der Waals surface area contributed by atoms with Crippen molar-refractivity contribution in [1.29, 1.82) is 0 Å². The fourth-order valence-corrected chi connectivity index (χ4v) is 2.54. The molecule has 0 aliphatic heterocycles. The molecule has 1 aliphatic carbocycles. The van der Waals surface area contributed by atoms with Gasteiger partial charge in [0.15, 0.2) is 0 Å². The van der Waals surface area contributed by atoms with Gasteiger partial charge in [-0.3, -0.25) is 9.89 Å². The molecule has 0 atom stereocenters. The van der Waals surface area contributed by atoms with Crippen LogP contribution in [-0.2, 0) is 11.3 Å². The van der Waals surface area contributed by atoms with Gasteiger partial charge in [-0.15, -0.1) is 0 Å². The molecule has 1 heterocycles. The molecule has 1 aromatic rings. The number of aromatic amines is 1. The molecule has 1 aliphatic rings. The maximum atomic E-state index is 11.9. The van der Waals surface area contributed by atoms with E-state index < -0.39 is 0 Å². The van der Waals surface area contributed by atoms with Crippen molar-refractivity contribution in [2.24, 2.45) is 5.92 Å². The van der Waals surface area contributed by atoms with E-state index in [1.807, 2.05) is 13.2 Å². The molecule has 94 valence electrons. The van der Waals surface area contributed by atoms with E-state index in [0.717, 1.165) is 17.9 Å². The minimum absolute atomic E-state index is 0.248. The van der Waals surface area contributed by atoms with Crippen LogP contribution in [0.2, 0.25) is 0 Å². The van der Waals surface area contributed by atoms with E-state index in [1.54, 1.807) is 11.1 Å². The summed E-state index contributed by atoms with van der Waals surface area (Å²) >= 11 is 0. The van der Waals surface area contributed by atoms with Crippen molar-refractivity contribution in [3.05, 3.63) is 18.0 Å². The van der Waals surface area contributed by atoms with E-state index in [9.17, 15) is 4.79 Å². The monoisotopic (exact) mass is 235 g/mol. The van der Waals surface area contributed by atoms with Crippen molar-refractivity contribution in [2.45, 2.75) is 45.1 Å². The van der Waals surface area contributed by atoms with Crippen LogP contribution in [0.4, 0.5) is 0 Å². The first-order chi connectivity index (χ1) is 8.25. The second-order valence-corrected chi connectivity index (χ2v) is 5.05. The zero-order valence-electron chi connectivity index (χ0n) is 10.5. The SMILES string of the molecule is CN(Cc1cn[nH]c1)C(=O)CCC1CCCC1. The van der Waals surface area contributed by atoms with Gasteiger partial charge in [0.1, 0.15) is 0 Å². The molecular weight excluding hydrogens is 214 g/mol. The van der Waals surface area contributed by atoms with Crippen LogP contribution >= 0.6 is 0 Å². The van der Waals surface area contributed by atoms with Gasteiger partial charge >= 0.3 is 0 Å². The molecular formula is C13H21N3O. The summed E-state index contributed by atoms with van der Waals surface area (Å²) in [6, 6.07) is 0. The Kier molecular flexibility index (Phi) is 4.18. The van der Waals surface area contributed by atoms with Gasteiger partial charge in [0.25, 0.3) is 0 Å². The van der Waals surface area contributed by atoms with Crippen LogP contribution in [0, 0.1) is 5.92 Å². The fourth-order valence-electron chi connectivity index (χ4n) is 2.54. The summed E-state index contributed by atoms with van der Waals surface area (Å²) in [5, 5.41) is 6.64. The molecule has 0 spiro atoms. The van der Waals surface area contributed by atoms with Crippen molar-refractivity contribution in [3.63, 3.8) is 0 Å². The fraction of sp³-hybridized carbons (Fsp3) is 0.692. The standard InChI is InChI=1S/C13H21N3O/c1-16(10-12-8-14-15-9-12)13(17)7-6-11-4-2-3-5-11/h8-9,11H,2-7,10H2,1H3,(H,14,15). The molecule has 1 saturated carbocycles. The number of hydrogen-bond acceptors (Lipinski definition) is 2. The average Bonchev–Trinajstić information content (AvgIpc) is 2.98. The minimum atomic E-state index is 0.248. The van der Waals surface area contributed by atoms with E-state index in [-0.39, 0.29) is 5.91 Å². The van der Waals surface area contributed by atoms with E-state index in [0.29, 0.717) is 13.0 Å². The smallest absolute Gasteiger partial charge is 0.222 e. The number of carbonyl (C=O) groups excluding carboxylic acids is 1. The predicted octanol–water partition coefficient (Wildman–Crippen LogP) is 2.34. The average molecular weight is 235 g/mol. The van der Waals surface area contributed by atoms with Crippen molar-refractivity contribution < 1.29 is 4.79 Å². The molecule has 1 amide bonds. The molecule has 1 N–H and O–H groups in total. The van der Waals surface area contributed by atoms with Gasteiger partial charge in [0.2, 0.25) is 5.91 Å². The minimum Gasteiger partial charge on any atom is -0.341 e. The first kappa shape index (κ1) is 12.1. The lowest BCUT2D eigenvalue weighted by Crippen LogP contribution is -2.26. The summed E-state index contributed by atoms with van der Waals surface area (Å²) in [7, 11) is 1.87. The molecule has 0 bridgehead atoms. The number of carbonyl (C=O) groups is 1. The van der Waals surface area contributed by atoms with Gasteiger partial charge in [-0.2, -0.15) is 5.10 Å². The number of amides is 1. The van der Waals surface area contributed by atoms with Gasteiger partial charge in [-0.1, -0.05) is 25.7 Å². The quantitative estimate of drug-likeness (QED) is 0.851. The van der Waals surface area contributed by atoms with Gasteiger partial charge in [-0.05, 0) is 12.3 Å². The van der Waals surface area contributed by atoms with Crippen LogP contribution in [-0.4, -0.2) is 28.1 Å². The van der Waals surface area contributed by atoms with Gasteiger partial charge in [0, 0.05) is 31.8 Å². The van der Waals surface area contributed by atoms with E-state index in [2.05, 4.69) is 10.2 Å². The Morgan fingerprint density at radius 1 is 1.53 bits per heavy atom. The first-order valence-corrected chi connectivity index (χ1v) is 6.47. The van der Waals surface area contributed by atoms with Gasteiger partial charge in [-0.25, -0.2) is 0 Å². The Morgan fingerprint density at radius 2 is 2.29 bits per heavy atom. The summed E-state index contributed by atoms with van der Waals surface area (Å²) in [5.74, 6) is 1.04. The van der Waals surface area contributed by atoms with E-state index in [4.69, 9.17) is 0 Å². The predicted molar refractivity (Wildman–Crippen MR) is 66.3 cm³/mol. The molecule has 0 unspecified atom stereocenters. The highest BCUT2D eigenvalue weighted by Crippen LogP contribution is 2.28. The first-order valence-electron chi connectivity index (χ1n) is 6.47. The van der Waals surface area contributed by atoms with E-state index in [1.165, 1.54) is 25.7 Å². The largest absolute Gasteiger partial charge is 0.341 e. The number of nitrogens with zero attached hydrogens (tertiary/aromatic N) is 2. The van der Waals surface area contributed by atoms with Crippen molar-refractivity contribution in [3.8, 4) is 0 Å². The highest BCUT2D eigenvalue weighted by molar-refractivity contribution is 5.75. The van der Waals surface area contributed by atoms with Crippen LogP contribution in [0.15, 0.2) is 12.4 Å². The second kappa shape index (κ2) is 5.84. The van der Waals surface area contributed by atoms with Crippen molar-refractivity contribution in [2.75, 3.05) is 7.05 Å². The summed E-state index contributed by atoms with van der Waals surface area (Å²) in [5.41, 5.74) is 1.06. The lowest BCUT2D eigenvalue weighted by atomic mass is 10.0. The summed E-state index contributed by atoms with van der Waals surface area (Å²) in [4.78, 5) is 13.7. The Hall–Kier alpha value is -1.32. The zero-order valence-corrected chi connectivity index (χ0v) is 10.5. The molecule has 4 heteroatoms. The third-order valence-electron chi connectivity index (χ3n) is 3.64. The molecule has 1 fully saturated rings. The van der Waals surface area contributed by atoms with Gasteiger partial charge < -0.3 is 4.90 Å². The number of aromatic nitrogens is 2. The molecule has 1 aromatic heterocycles. The number of rotatable bonds is 5. The van der Waals surface area contributed by atoms with Crippen LogP contribution < -0.4 is 0 Å². The maximum Gasteiger partial charge on any atom is 0.222 e. The highest BCUT2D eigenvalue weighted by atomic mass is 16.2. The molecule has 4 nitrogen and oxygen atoms in total. The number of hydrogen-bond donors (Lipinski definition) is 1. The number of nitrogens with one attached hydrogen (secondary N) is 1. The Bertz CT molecular complexity index is 342. The maximum absolute atomic E-state index is 11.9. The lowest BCUT2D eigenvalue weighted by molar-refractivity contribution is -0.130. The Morgan fingerprint density at radius 3 is 2.94 bits per heavy atom. The zero-order chi connectivity index (χ0) is 12.1. The third kappa shape index (κ3) is 3.58. The van der Waals surface area contributed by atoms with Crippen LogP contribution in [0.3, 0.4) is 0 Å². The summed E-state index contributed by atoms with van der Waals surface area (Å²) in [6.07, 6.45) is 10.7. The molecule has 0 radical (unpaired) electrons. The molecule has 0 aromatic carbocycles. The van der Waals surface area contributed by atoms with Crippen LogP contribution in [0.1, 0.15) is 44.1 Å².